The van der Waals surface area contributed by atoms with E-state index in [0.717, 1.165) is 6.42 Å². The molecule has 0 rings (SSSR count). The lowest BCUT2D eigenvalue weighted by atomic mass is 10.5. The second-order valence-corrected chi connectivity index (χ2v) is 1.32. The van der Waals surface area contributed by atoms with Gasteiger partial charge >= 0.3 is 31.7 Å². The molecule has 0 aliphatic heterocycles. The van der Waals surface area contributed by atoms with Gasteiger partial charge in [-0.25, -0.2) is 4.57 Å². The minimum Gasteiger partial charge on any atom is -0.294 e. The summed E-state index contributed by atoms with van der Waals surface area (Å²) in [5.74, 6) is 0. The van der Waals surface area contributed by atoms with Gasteiger partial charge in [0.05, 0.1) is 6.61 Å². The molecule has 40 valence electrons. The topological polar surface area (TPSA) is 26.3 Å². The summed E-state index contributed by atoms with van der Waals surface area (Å²) in [4.78, 5) is 0. The van der Waals surface area contributed by atoms with Crippen LogP contribution in [0.5, 0.6) is 0 Å². The molecule has 7 heavy (non-hydrogen) atoms. The Balaban J connectivity index is 0. The molecule has 2 nitrogen and oxygen atoms in total. The van der Waals surface area contributed by atoms with Crippen molar-refractivity contribution in [2.24, 2.45) is 0 Å². The summed E-state index contributed by atoms with van der Waals surface area (Å²) >= 11 is 0. The normalized spacial score (nSPS) is 8.14. The van der Waals surface area contributed by atoms with E-state index < -0.39 is 0 Å². The first-order valence-corrected chi connectivity index (χ1v) is 2.59. The molecule has 0 radical (unpaired) electrons. The van der Waals surface area contributed by atoms with Crippen LogP contribution in [0, 0.1) is 0 Å². The SMILES string of the molecule is CCCOP=O.[MgH2]. The third-order valence-corrected chi connectivity index (χ3v) is 0.636. The van der Waals surface area contributed by atoms with Crippen molar-refractivity contribution < 1.29 is 9.09 Å². The van der Waals surface area contributed by atoms with Gasteiger partial charge in [-0.2, -0.15) is 0 Å². The molecule has 0 atom stereocenters. The molecule has 0 aromatic carbocycles. The second-order valence-electron chi connectivity index (χ2n) is 0.908. The third-order valence-electron chi connectivity index (χ3n) is 0.348. The molecule has 0 N–H and O–H groups in total. The minimum absolute atomic E-state index is 0. The van der Waals surface area contributed by atoms with Crippen LogP contribution >= 0.6 is 8.69 Å². The van der Waals surface area contributed by atoms with Crippen LogP contribution in [0.15, 0.2) is 0 Å². The highest BCUT2D eigenvalue weighted by Gasteiger charge is 1.74. The molecule has 0 amide bonds. The molecular weight excluding hydrogens is 123 g/mol. The fourth-order valence-corrected chi connectivity index (χ4v) is 0.386. The molecule has 0 heterocycles. The zero-order valence-corrected chi connectivity index (χ0v) is 4.57. The highest BCUT2D eigenvalue weighted by molar-refractivity contribution is 7.17. The Morgan fingerprint density at radius 2 is 2.29 bits per heavy atom. The maximum atomic E-state index is 9.44. The maximum absolute atomic E-state index is 9.44. The van der Waals surface area contributed by atoms with Gasteiger partial charge in [-0.1, -0.05) is 6.92 Å². The van der Waals surface area contributed by atoms with E-state index >= 15 is 0 Å². The van der Waals surface area contributed by atoms with E-state index in [-0.39, 0.29) is 31.7 Å². The minimum atomic E-state index is -0.205. The van der Waals surface area contributed by atoms with Gasteiger partial charge in [0.15, 0.2) is 0 Å². The summed E-state index contributed by atoms with van der Waals surface area (Å²) in [6.07, 6.45) is 0.926. The lowest BCUT2D eigenvalue weighted by Gasteiger charge is -1.81. The Kier molecular flexibility index (Phi) is 15.3. The summed E-state index contributed by atoms with van der Waals surface area (Å²) in [6.45, 7) is 2.55. The molecule has 0 saturated carbocycles. The van der Waals surface area contributed by atoms with Gasteiger partial charge in [-0.15, -0.1) is 0 Å². The zero-order chi connectivity index (χ0) is 4.83. The van der Waals surface area contributed by atoms with Gasteiger partial charge in [-0.05, 0) is 6.42 Å². The predicted molar refractivity (Wildman–Crippen MR) is 32.4 cm³/mol. The van der Waals surface area contributed by atoms with Gasteiger partial charge in [0.2, 0.25) is 0 Å². The van der Waals surface area contributed by atoms with Crippen LogP contribution in [-0.2, 0) is 9.09 Å². The van der Waals surface area contributed by atoms with Crippen LogP contribution < -0.4 is 0 Å². The van der Waals surface area contributed by atoms with Gasteiger partial charge in [0, 0.05) is 0 Å². The standard InChI is InChI=1S/C3H7O2P.Mg.2H/c1-2-3-5-6-4;;;/h2-3H2,1H3;;;. The zero-order valence-electron chi connectivity index (χ0n) is 3.68. The fraction of sp³-hybridized carbons (Fsp3) is 1.00. The van der Waals surface area contributed by atoms with Gasteiger partial charge < -0.3 is 0 Å². The number of hydrogen-bond acceptors (Lipinski definition) is 2. The first kappa shape index (κ1) is 10.7. The van der Waals surface area contributed by atoms with Crippen molar-refractivity contribution in [2.75, 3.05) is 6.61 Å². The highest BCUT2D eigenvalue weighted by Crippen LogP contribution is 1.93. The monoisotopic (exact) mass is 132 g/mol. The van der Waals surface area contributed by atoms with Crippen LogP contribution in [0.2, 0.25) is 0 Å². The van der Waals surface area contributed by atoms with E-state index in [1.54, 1.807) is 0 Å². The van der Waals surface area contributed by atoms with Crippen molar-refractivity contribution >= 4 is 31.7 Å². The van der Waals surface area contributed by atoms with Crippen LogP contribution in [0.4, 0.5) is 0 Å². The Labute approximate surface area is 61.1 Å². The Bertz CT molecular complexity index is 41.9. The molecule has 0 aromatic heterocycles. The molecule has 0 aromatic rings. The van der Waals surface area contributed by atoms with Crippen molar-refractivity contribution in [1.29, 1.82) is 0 Å². The van der Waals surface area contributed by atoms with Crippen molar-refractivity contribution in [3.8, 4) is 0 Å². The maximum Gasteiger partial charge on any atom is 0.327 e. The van der Waals surface area contributed by atoms with Crippen molar-refractivity contribution in [1.82, 2.24) is 0 Å². The Morgan fingerprint density at radius 3 is 2.43 bits per heavy atom. The number of hydrogen-bond donors (Lipinski definition) is 0. The van der Waals surface area contributed by atoms with Crippen LogP contribution in [0.1, 0.15) is 13.3 Å². The molecule has 0 aliphatic carbocycles. The fourth-order valence-electron chi connectivity index (χ4n) is 0.129. The smallest absolute Gasteiger partial charge is 0.294 e. The van der Waals surface area contributed by atoms with E-state index in [0.29, 0.717) is 6.61 Å². The lowest BCUT2D eigenvalue weighted by molar-refractivity contribution is 0.342. The predicted octanol–water partition coefficient (Wildman–Crippen LogP) is 0.703. The quantitative estimate of drug-likeness (QED) is 0.321. The molecule has 0 saturated heterocycles. The summed E-state index contributed by atoms with van der Waals surface area (Å²) in [5.41, 5.74) is 0. The van der Waals surface area contributed by atoms with Crippen LogP contribution in [-0.4, -0.2) is 29.7 Å². The molecule has 0 bridgehead atoms. The average molecular weight is 132 g/mol. The second kappa shape index (κ2) is 9.95. The summed E-state index contributed by atoms with van der Waals surface area (Å²) in [7, 11) is -0.205. The molecule has 4 heteroatoms. The summed E-state index contributed by atoms with van der Waals surface area (Å²) in [5, 5.41) is 0. The van der Waals surface area contributed by atoms with Crippen molar-refractivity contribution in [2.45, 2.75) is 13.3 Å². The van der Waals surface area contributed by atoms with E-state index in [1.807, 2.05) is 6.92 Å². The van der Waals surface area contributed by atoms with Gasteiger partial charge in [-0.3, -0.25) is 4.52 Å². The van der Waals surface area contributed by atoms with Gasteiger partial charge in [0.25, 0.3) is 0 Å². The van der Waals surface area contributed by atoms with E-state index in [2.05, 4.69) is 4.52 Å². The van der Waals surface area contributed by atoms with E-state index in [9.17, 15) is 4.57 Å². The lowest BCUT2D eigenvalue weighted by Crippen LogP contribution is -1.74. The molecule has 0 fully saturated rings. The summed E-state index contributed by atoms with van der Waals surface area (Å²) < 4.78 is 13.8. The Morgan fingerprint density at radius 1 is 1.71 bits per heavy atom. The van der Waals surface area contributed by atoms with Crippen LogP contribution in [0.25, 0.3) is 0 Å². The largest absolute Gasteiger partial charge is 0.327 e. The average Bonchev–Trinajstić information content (AvgIpc) is 1.61. The number of rotatable bonds is 3. The summed E-state index contributed by atoms with van der Waals surface area (Å²) in [6, 6.07) is 0. The van der Waals surface area contributed by atoms with E-state index in [1.165, 1.54) is 0 Å². The molecular formula is C3H9MgO2P. The van der Waals surface area contributed by atoms with Crippen LogP contribution in [0.3, 0.4) is 0 Å². The van der Waals surface area contributed by atoms with Crippen molar-refractivity contribution in [3.63, 3.8) is 0 Å². The van der Waals surface area contributed by atoms with Gasteiger partial charge in [0.1, 0.15) is 0 Å². The first-order valence-electron chi connectivity index (χ1n) is 1.86. The van der Waals surface area contributed by atoms with Crippen molar-refractivity contribution in [3.05, 3.63) is 0 Å². The van der Waals surface area contributed by atoms with E-state index in [4.69, 9.17) is 0 Å². The highest BCUT2D eigenvalue weighted by atomic mass is 31.1. The molecule has 0 spiro atoms. The molecule has 0 unspecified atom stereocenters. The third kappa shape index (κ3) is 10.9. The first-order chi connectivity index (χ1) is 2.91. The molecule has 0 aliphatic rings. The Hall–Kier alpha value is 0.826.